The largest absolute Gasteiger partial charge is 0.292 e. The third-order valence-corrected chi connectivity index (χ3v) is 4.31. The number of fused-ring (bicyclic) bond motifs is 1. The van der Waals surface area contributed by atoms with Gasteiger partial charge in [0.2, 0.25) is 0 Å². The van der Waals surface area contributed by atoms with Gasteiger partial charge < -0.3 is 0 Å². The Labute approximate surface area is 144 Å². The van der Waals surface area contributed by atoms with Gasteiger partial charge in [-0.15, -0.1) is 0 Å². The van der Waals surface area contributed by atoms with Gasteiger partial charge in [0.25, 0.3) is 0 Å². The van der Waals surface area contributed by atoms with E-state index in [2.05, 4.69) is 63.0 Å². The van der Waals surface area contributed by atoms with Crippen molar-refractivity contribution in [2.45, 2.75) is 46.4 Å². The maximum atomic E-state index is 4.49. The Kier molecular flexibility index (Phi) is 4.77. The fraction of sp³-hybridized carbons (Fsp3) is 0.438. The van der Waals surface area contributed by atoms with E-state index in [-0.39, 0.29) is 0 Å². The second-order valence-electron chi connectivity index (χ2n) is 5.91. The smallest absolute Gasteiger partial charge is 0.159 e. The zero-order valence-corrected chi connectivity index (χ0v) is 15.2. The van der Waals surface area contributed by atoms with Crippen molar-refractivity contribution in [3.63, 3.8) is 0 Å². The first kappa shape index (κ1) is 16.1. The summed E-state index contributed by atoms with van der Waals surface area (Å²) in [7, 11) is 0. The average Bonchev–Trinajstić information content (AvgIpc) is 3.13. The van der Waals surface area contributed by atoms with Gasteiger partial charge in [-0.3, -0.25) is 9.58 Å². The van der Waals surface area contributed by atoms with Crippen LogP contribution in [0.5, 0.6) is 0 Å². The first-order valence-corrected chi connectivity index (χ1v) is 8.59. The van der Waals surface area contributed by atoms with Gasteiger partial charge in [-0.25, -0.2) is 9.50 Å². The molecule has 0 radical (unpaired) electrons. The molecule has 0 aliphatic heterocycles. The zero-order chi connectivity index (χ0) is 16.4. The lowest BCUT2D eigenvalue weighted by Crippen LogP contribution is -2.29. The molecule has 0 saturated heterocycles. The number of hydrogen-bond donors (Lipinski definition) is 0. The van der Waals surface area contributed by atoms with E-state index < -0.39 is 0 Å². The average molecular weight is 377 g/mol. The molecule has 6 nitrogen and oxygen atoms in total. The summed E-state index contributed by atoms with van der Waals surface area (Å²) < 4.78 is 4.70. The molecule has 0 aliphatic rings. The molecule has 122 valence electrons. The maximum absolute atomic E-state index is 4.49. The topological polar surface area (TPSA) is 51.2 Å². The third-order valence-electron chi connectivity index (χ3n) is 3.90. The van der Waals surface area contributed by atoms with E-state index in [0.29, 0.717) is 6.04 Å². The van der Waals surface area contributed by atoms with Crippen molar-refractivity contribution in [2.75, 3.05) is 0 Å². The molecule has 23 heavy (non-hydrogen) atoms. The number of aromatic nitrogens is 5. The summed E-state index contributed by atoms with van der Waals surface area (Å²) in [5.74, 6) is 0. The number of halogens is 1. The SMILES string of the molecule is CCn1cc(CN(Cc2cnn3cc(Br)cnc23)C(C)C)cn1. The molecular weight excluding hydrogens is 356 g/mol. The van der Waals surface area contributed by atoms with Crippen LogP contribution in [0.1, 0.15) is 31.9 Å². The second kappa shape index (κ2) is 6.80. The second-order valence-corrected chi connectivity index (χ2v) is 6.83. The summed E-state index contributed by atoms with van der Waals surface area (Å²) in [4.78, 5) is 6.89. The van der Waals surface area contributed by atoms with E-state index in [9.17, 15) is 0 Å². The predicted molar refractivity (Wildman–Crippen MR) is 93.0 cm³/mol. The molecule has 0 aliphatic carbocycles. The Hall–Kier alpha value is -1.73. The molecular formula is C16H21BrN6. The maximum Gasteiger partial charge on any atom is 0.159 e. The molecule has 0 bridgehead atoms. The zero-order valence-electron chi connectivity index (χ0n) is 13.6. The van der Waals surface area contributed by atoms with Crippen molar-refractivity contribution in [1.82, 2.24) is 29.3 Å². The van der Waals surface area contributed by atoms with E-state index in [1.54, 1.807) is 0 Å². The van der Waals surface area contributed by atoms with Crippen LogP contribution in [0.4, 0.5) is 0 Å². The molecule has 0 spiro atoms. The molecule has 3 aromatic heterocycles. The van der Waals surface area contributed by atoms with Crippen LogP contribution in [0.3, 0.4) is 0 Å². The van der Waals surface area contributed by atoms with Crippen LogP contribution in [0.25, 0.3) is 5.65 Å². The summed E-state index contributed by atoms with van der Waals surface area (Å²) in [6.45, 7) is 9.09. The van der Waals surface area contributed by atoms with Crippen LogP contribution < -0.4 is 0 Å². The lowest BCUT2D eigenvalue weighted by molar-refractivity contribution is 0.204. The lowest BCUT2D eigenvalue weighted by Gasteiger charge is -2.25. The number of aryl methyl sites for hydroxylation is 1. The standard InChI is InChI=1S/C16H21BrN6/c1-4-22-9-13(5-19-22)8-21(12(2)3)10-14-6-20-23-11-15(17)7-18-16(14)23/h5-7,9,11-12H,4,8,10H2,1-3H3. The van der Waals surface area contributed by atoms with Gasteiger partial charge in [0, 0.05) is 55.4 Å². The van der Waals surface area contributed by atoms with Gasteiger partial charge >= 0.3 is 0 Å². The molecule has 3 aromatic rings. The van der Waals surface area contributed by atoms with Crippen molar-refractivity contribution in [2.24, 2.45) is 0 Å². The normalized spacial score (nSPS) is 11.9. The van der Waals surface area contributed by atoms with Gasteiger partial charge in [-0.2, -0.15) is 10.2 Å². The molecule has 7 heteroatoms. The van der Waals surface area contributed by atoms with E-state index in [1.165, 1.54) is 5.56 Å². The summed E-state index contributed by atoms with van der Waals surface area (Å²) in [5.41, 5.74) is 3.27. The minimum Gasteiger partial charge on any atom is -0.292 e. The van der Waals surface area contributed by atoms with Crippen molar-refractivity contribution >= 4 is 21.6 Å². The lowest BCUT2D eigenvalue weighted by atomic mass is 10.2. The Morgan fingerprint density at radius 1 is 1.13 bits per heavy atom. The quantitative estimate of drug-likeness (QED) is 0.663. The van der Waals surface area contributed by atoms with Gasteiger partial charge in [-0.05, 0) is 36.7 Å². The van der Waals surface area contributed by atoms with Gasteiger partial charge in [0.05, 0.1) is 16.9 Å². The highest BCUT2D eigenvalue weighted by atomic mass is 79.9. The van der Waals surface area contributed by atoms with Gasteiger partial charge in [0.15, 0.2) is 5.65 Å². The summed E-state index contributed by atoms with van der Waals surface area (Å²) >= 11 is 3.43. The minimum atomic E-state index is 0.422. The highest BCUT2D eigenvalue weighted by Crippen LogP contribution is 2.17. The van der Waals surface area contributed by atoms with Crippen molar-refractivity contribution in [1.29, 1.82) is 0 Å². The van der Waals surface area contributed by atoms with Gasteiger partial charge in [-0.1, -0.05) is 0 Å². The Bertz CT molecular complexity index is 791. The van der Waals surface area contributed by atoms with Crippen LogP contribution in [0.15, 0.2) is 35.5 Å². The molecule has 0 N–H and O–H groups in total. The van der Waals surface area contributed by atoms with Crippen LogP contribution >= 0.6 is 15.9 Å². The molecule has 0 amide bonds. The van der Waals surface area contributed by atoms with Crippen LogP contribution in [-0.2, 0) is 19.6 Å². The number of hydrogen-bond acceptors (Lipinski definition) is 4. The molecule has 0 saturated carbocycles. The van der Waals surface area contributed by atoms with E-state index in [4.69, 9.17) is 0 Å². The van der Waals surface area contributed by atoms with E-state index in [0.717, 1.165) is 35.3 Å². The van der Waals surface area contributed by atoms with Gasteiger partial charge in [0.1, 0.15) is 0 Å². The van der Waals surface area contributed by atoms with E-state index >= 15 is 0 Å². The van der Waals surface area contributed by atoms with Crippen molar-refractivity contribution in [3.8, 4) is 0 Å². The predicted octanol–water partition coefficient (Wildman–Crippen LogP) is 3.12. The summed E-state index contributed by atoms with van der Waals surface area (Å²) in [6, 6.07) is 0.422. The first-order chi connectivity index (χ1) is 11.1. The Balaban J connectivity index is 1.81. The fourth-order valence-electron chi connectivity index (χ4n) is 2.55. The third kappa shape index (κ3) is 3.61. The molecule has 0 unspecified atom stereocenters. The molecule has 3 rings (SSSR count). The number of rotatable bonds is 6. The van der Waals surface area contributed by atoms with Crippen molar-refractivity contribution < 1.29 is 0 Å². The van der Waals surface area contributed by atoms with E-state index in [1.807, 2.05) is 34.0 Å². The Morgan fingerprint density at radius 3 is 2.65 bits per heavy atom. The molecule has 0 aromatic carbocycles. The van der Waals surface area contributed by atoms with Crippen LogP contribution in [0.2, 0.25) is 0 Å². The van der Waals surface area contributed by atoms with Crippen molar-refractivity contribution in [3.05, 3.63) is 46.6 Å². The summed E-state index contributed by atoms with van der Waals surface area (Å²) in [6.07, 6.45) is 9.70. The monoisotopic (exact) mass is 376 g/mol. The molecule has 3 heterocycles. The Morgan fingerprint density at radius 2 is 1.96 bits per heavy atom. The highest BCUT2D eigenvalue weighted by Gasteiger charge is 2.15. The fourth-order valence-corrected chi connectivity index (χ4v) is 2.84. The summed E-state index contributed by atoms with van der Waals surface area (Å²) in [5, 5.41) is 8.76. The number of nitrogens with zero attached hydrogens (tertiary/aromatic N) is 6. The van der Waals surface area contributed by atoms with Crippen LogP contribution in [-0.4, -0.2) is 35.3 Å². The molecule has 0 atom stereocenters. The van der Waals surface area contributed by atoms with Crippen LogP contribution in [0, 0.1) is 0 Å². The molecule has 0 fully saturated rings. The first-order valence-electron chi connectivity index (χ1n) is 7.80. The minimum absolute atomic E-state index is 0.422. The highest BCUT2D eigenvalue weighted by molar-refractivity contribution is 9.10.